The summed E-state index contributed by atoms with van der Waals surface area (Å²) in [6, 6.07) is 36.1. The van der Waals surface area contributed by atoms with E-state index >= 15 is 0 Å². The number of rotatable bonds is 11. The van der Waals surface area contributed by atoms with Gasteiger partial charge in [-0.15, -0.1) is 11.8 Å². The lowest BCUT2D eigenvalue weighted by molar-refractivity contribution is -0.116. The van der Waals surface area contributed by atoms with Gasteiger partial charge in [0.05, 0.1) is 12.8 Å². The molecule has 0 aliphatic rings. The first-order chi connectivity index (χ1) is 22.0. The summed E-state index contributed by atoms with van der Waals surface area (Å²) in [6.45, 7) is 0. The van der Waals surface area contributed by atoms with Gasteiger partial charge in [0.2, 0.25) is 5.91 Å². The van der Waals surface area contributed by atoms with Crippen molar-refractivity contribution >= 4 is 46.9 Å². The maximum Gasteiger partial charge on any atom is 0.272 e. The molecule has 3 amide bonds. The third-order valence-electron chi connectivity index (χ3n) is 6.58. The van der Waals surface area contributed by atoms with Crippen molar-refractivity contribution in [2.45, 2.75) is 10.1 Å². The average molecular weight is 615 g/mol. The second-order valence-corrected chi connectivity index (χ2v) is 10.9. The van der Waals surface area contributed by atoms with Crippen LogP contribution in [-0.4, -0.2) is 29.8 Å². The quantitative estimate of drug-likeness (QED) is 0.110. The second kappa shape index (κ2) is 15.2. The zero-order valence-electron chi connectivity index (χ0n) is 24.3. The Kier molecular flexibility index (Phi) is 10.4. The number of carbonyl (C=O) groups excluding carboxylic acids is 3. The Hall–Kier alpha value is -5.67. The Morgan fingerprint density at radius 3 is 2.27 bits per heavy atom. The van der Waals surface area contributed by atoms with E-state index in [2.05, 4.69) is 20.9 Å². The van der Waals surface area contributed by atoms with Crippen molar-refractivity contribution < 1.29 is 19.1 Å². The number of hydrogen-bond donors (Lipinski definition) is 3. The fourth-order valence-corrected chi connectivity index (χ4v) is 5.48. The number of ether oxygens (including phenoxy) is 1. The minimum atomic E-state index is -0.603. The molecule has 1 aromatic heterocycles. The minimum Gasteiger partial charge on any atom is -0.495 e. The normalized spacial score (nSPS) is 11.6. The molecule has 9 heteroatoms. The molecule has 0 saturated carbocycles. The number of thioether (sulfide) groups is 1. The van der Waals surface area contributed by atoms with Crippen LogP contribution in [0.2, 0.25) is 0 Å². The highest BCUT2D eigenvalue weighted by Crippen LogP contribution is 2.38. The van der Waals surface area contributed by atoms with Crippen LogP contribution in [-0.2, 0) is 9.59 Å². The molecular formula is C36H30N4O4S. The smallest absolute Gasteiger partial charge is 0.272 e. The van der Waals surface area contributed by atoms with E-state index in [1.807, 2.05) is 54.6 Å². The molecule has 0 aliphatic heterocycles. The summed E-state index contributed by atoms with van der Waals surface area (Å²) in [5, 5.41) is 8.00. The number of nitrogens with one attached hydrogen (secondary N) is 3. The van der Waals surface area contributed by atoms with Gasteiger partial charge < -0.3 is 20.7 Å². The maximum atomic E-state index is 13.6. The molecule has 45 heavy (non-hydrogen) atoms. The third-order valence-corrected chi connectivity index (χ3v) is 7.82. The van der Waals surface area contributed by atoms with Crippen LogP contribution in [0.1, 0.15) is 26.7 Å². The molecule has 0 saturated heterocycles. The van der Waals surface area contributed by atoms with Crippen molar-refractivity contribution in [3.63, 3.8) is 0 Å². The fraction of sp³-hybridized carbons (Fsp3) is 0.0556. The lowest BCUT2D eigenvalue weighted by Crippen LogP contribution is -2.30. The van der Waals surface area contributed by atoms with Crippen LogP contribution in [0.25, 0.3) is 6.08 Å². The van der Waals surface area contributed by atoms with E-state index in [1.54, 1.807) is 92.3 Å². The first-order valence-electron chi connectivity index (χ1n) is 14.0. The lowest BCUT2D eigenvalue weighted by Gasteiger charge is -2.19. The number of hydrogen-bond acceptors (Lipinski definition) is 6. The summed E-state index contributed by atoms with van der Waals surface area (Å²) in [5.74, 6) is -0.604. The molecule has 1 heterocycles. The molecule has 3 N–H and O–H groups in total. The van der Waals surface area contributed by atoms with E-state index in [-0.39, 0.29) is 11.6 Å². The highest BCUT2D eigenvalue weighted by molar-refractivity contribution is 8.00. The summed E-state index contributed by atoms with van der Waals surface area (Å²) in [7, 11) is 1.55. The Bertz CT molecular complexity index is 1800. The van der Waals surface area contributed by atoms with Gasteiger partial charge in [0, 0.05) is 28.5 Å². The van der Waals surface area contributed by atoms with Gasteiger partial charge >= 0.3 is 0 Å². The number of amides is 3. The molecule has 0 radical (unpaired) electrons. The van der Waals surface area contributed by atoms with Crippen molar-refractivity contribution in [2.24, 2.45) is 0 Å². The van der Waals surface area contributed by atoms with Crippen LogP contribution in [0.3, 0.4) is 0 Å². The molecule has 5 aromatic rings. The molecule has 1 atom stereocenters. The van der Waals surface area contributed by atoms with Crippen LogP contribution in [0.5, 0.6) is 5.75 Å². The molecule has 0 spiro atoms. The van der Waals surface area contributed by atoms with Crippen LogP contribution in [0.4, 0.5) is 11.4 Å². The highest BCUT2D eigenvalue weighted by atomic mass is 32.2. The first kappa shape index (κ1) is 30.8. The number of benzene rings is 4. The summed E-state index contributed by atoms with van der Waals surface area (Å²) in [5.41, 5.74) is 2.99. The van der Waals surface area contributed by atoms with Gasteiger partial charge in [0.25, 0.3) is 11.8 Å². The van der Waals surface area contributed by atoms with Crippen molar-refractivity contribution in [2.75, 3.05) is 17.7 Å². The molecule has 224 valence electrons. The predicted molar refractivity (Wildman–Crippen MR) is 178 cm³/mol. The molecule has 5 rings (SSSR count). The number of aromatic nitrogens is 1. The summed E-state index contributed by atoms with van der Waals surface area (Å²) >= 11 is 1.35. The van der Waals surface area contributed by atoms with Gasteiger partial charge in [-0.1, -0.05) is 72.8 Å². The first-order valence-corrected chi connectivity index (χ1v) is 14.9. The molecular weight excluding hydrogens is 584 g/mol. The van der Waals surface area contributed by atoms with E-state index in [0.717, 1.165) is 10.5 Å². The van der Waals surface area contributed by atoms with E-state index in [0.29, 0.717) is 28.3 Å². The Balaban J connectivity index is 1.37. The summed E-state index contributed by atoms with van der Waals surface area (Å²) in [6.07, 6.45) is 4.79. The van der Waals surface area contributed by atoms with E-state index in [1.165, 1.54) is 11.8 Å². The van der Waals surface area contributed by atoms with Crippen LogP contribution < -0.4 is 20.7 Å². The van der Waals surface area contributed by atoms with Gasteiger partial charge in [-0.2, -0.15) is 0 Å². The summed E-state index contributed by atoms with van der Waals surface area (Å²) in [4.78, 5) is 44.9. The van der Waals surface area contributed by atoms with Gasteiger partial charge in [-0.3, -0.25) is 19.4 Å². The largest absolute Gasteiger partial charge is 0.495 e. The zero-order chi connectivity index (χ0) is 31.4. The Labute approximate surface area is 265 Å². The standard InChI is InChI=1S/C36H30N4O4S/c1-44-32-20-9-8-19-30(32)39-36(43)33(26-13-4-2-5-14-26)45-29-18-10-17-28(23-29)38-35(42)31(22-25-12-11-21-37-24-25)40-34(41)27-15-6-3-7-16-27/h2-24,33H,1H3,(H,38,42)(H,39,43)(H,40,41)/b31-22-. The second-order valence-electron chi connectivity index (χ2n) is 9.74. The van der Waals surface area contributed by atoms with Gasteiger partial charge in [0.15, 0.2) is 0 Å². The van der Waals surface area contributed by atoms with Crippen molar-refractivity contribution in [1.29, 1.82) is 0 Å². The van der Waals surface area contributed by atoms with Crippen LogP contribution in [0, 0.1) is 0 Å². The van der Waals surface area contributed by atoms with Gasteiger partial charge in [-0.25, -0.2) is 0 Å². The van der Waals surface area contributed by atoms with E-state index in [4.69, 9.17) is 4.74 Å². The topological polar surface area (TPSA) is 109 Å². The molecule has 8 nitrogen and oxygen atoms in total. The predicted octanol–water partition coefficient (Wildman–Crippen LogP) is 6.97. The number of nitrogens with zero attached hydrogens (tertiary/aromatic N) is 1. The number of anilines is 2. The average Bonchev–Trinajstić information content (AvgIpc) is 3.08. The highest BCUT2D eigenvalue weighted by Gasteiger charge is 2.23. The van der Waals surface area contributed by atoms with Crippen molar-refractivity contribution in [1.82, 2.24) is 10.3 Å². The Morgan fingerprint density at radius 2 is 1.53 bits per heavy atom. The number of para-hydroxylation sites is 2. The summed E-state index contributed by atoms with van der Waals surface area (Å²) < 4.78 is 5.41. The Morgan fingerprint density at radius 1 is 0.800 bits per heavy atom. The van der Waals surface area contributed by atoms with Gasteiger partial charge in [-0.05, 0) is 65.7 Å². The van der Waals surface area contributed by atoms with Crippen molar-refractivity contribution in [3.8, 4) is 5.75 Å². The zero-order valence-corrected chi connectivity index (χ0v) is 25.2. The SMILES string of the molecule is COc1ccccc1NC(=O)C(Sc1cccc(NC(=O)/C(=C/c2cccnc2)NC(=O)c2ccccc2)c1)c1ccccc1. The van der Waals surface area contributed by atoms with Crippen LogP contribution in [0.15, 0.2) is 144 Å². The molecule has 0 fully saturated rings. The molecule has 0 aliphatic carbocycles. The third kappa shape index (κ3) is 8.46. The van der Waals surface area contributed by atoms with Crippen molar-refractivity contribution in [3.05, 3.63) is 156 Å². The lowest BCUT2D eigenvalue weighted by atomic mass is 10.1. The number of pyridine rings is 1. The minimum absolute atomic E-state index is 0.0493. The number of carbonyl (C=O) groups is 3. The monoisotopic (exact) mass is 614 g/mol. The number of methoxy groups -OCH3 is 1. The van der Waals surface area contributed by atoms with E-state index < -0.39 is 17.1 Å². The fourth-order valence-electron chi connectivity index (χ4n) is 4.40. The maximum absolute atomic E-state index is 13.6. The molecule has 0 bridgehead atoms. The molecule has 4 aromatic carbocycles. The molecule has 1 unspecified atom stereocenters. The van der Waals surface area contributed by atoms with E-state index in [9.17, 15) is 14.4 Å². The van der Waals surface area contributed by atoms with Gasteiger partial charge in [0.1, 0.15) is 16.7 Å². The van der Waals surface area contributed by atoms with Crippen LogP contribution >= 0.6 is 11.8 Å².